The molecule has 0 saturated heterocycles. The second-order valence-corrected chi connectivity index (χ2v) is 6.34. The minimum Gasteiger partial charge on any atom is -0.467 e. The van der Waals surface area contributed by atoms with Crippen molar-refractivity contribution in [3.8, 4) is 0 Å². The molecule has 2 aromatic rings. The normalized spacial score (nSPS) is 11.7. The third-order valence-electron chi connectivity index (χ3n) is 3.70. The van der Waals surface area contributed by atoms with Crippen LogP contribution in [0.4, 0.5) is 0 Å². The van der Waals surface area contributed by atoms with Crippen LogP contribution in [0.25, 0.3) is 0 Å². The van der Waals surface area contributed by atoms with Crippen molar-refractivity contribution in [2.75, 3.05) is 20.8 Å². The Morgan fingerprint density at radius 1 is 1.15 bits per heavy atom. The zero-order chi connectivity index (χ0) is 19.1. The van der Waals surface area contributed by atoms with Gasteiger partial charge in [-0.05, 0) is 23.8 Å². The summed E-state index contributed by atoms with van der Waals surface area (Å²) in [6.07, 6.45) is 1.44. The number of amides is 1. The van der Waals surface area contributed by atoms with Crippen LogP contribution in [-0.4, -0.2) is 37.3 Å². The molecule has 1 amide bonds. The summed E-state index contributed by atoms with van der Waals surface area (Å²) >= 11 is 3.33. The van der Waals surface area contributed by atoms with Crippen molar-refractivity contribution >= 4 is 27.8 Å². The lowest BCUT2D eigenvalue weighted by atomic mass is 10.1. The van der Waals surface area contributed by atoms with Crippen LogP contribution >= 0.6 is 15.9 Å². The van der Waals surface area contributed by atoms with Gasteiger partial charge in [-0.2, -0.15) is 0 Å². The highest BCUT2D eigenvalue weighted by atomic mass is 79.9. The van der Waals surface area contributed by atoms with Gasteiger partial charge in [0.05, 0.1) is 19.3 Å². The van der Waals surface area contributed by atoms with E-state index in [-0.39, 0.29) is 11.1 Å². The molecule has 7 nitrogen and oxygen atoms in total. The second-order valence-electron chi connectivity index (χ2n) is 5.42. The number of carbonyl (C=O) groups excluding carboxylic acids is 2. The number of pyridine rings is 1. The predicted molar refractivity (Wildman–Crippen MR) is 98.9 cm³/mol. The molecule has 0 aliphatic heterocycles. The van der Waals surface area contributed by atoms with Gasteiger partial charge < -0.3 is 19.4 Å². The summed E-state index contributed by atoms with van der Waals surface area (Å²) in [4.78, 5) is 36.5. The minimum atomic E-state index is -0.958. The molecule has 26 heavy (non-hydrogen) atoms. The van der Waals surface area contributed by atoms with E-state index in [9.17, 15) is 14.4 Å². The fourth-order valence-electron chi connectivity index (χ4n) is 2.30. The van der Waals surface area contributed by atoms with Gasteiger partial charge in [-0.3, -0.25) is 9.59 Å². The molecule has 0 spiro atoms. The number of hydrogen-bond acceptors (Lipinski definition) is 5. The molecule has 0 fully saturated rings. The first kappa shape index (κ1) is 19.9. The van der Waals surface area contributed by atoms with Gasteiger partial charge in [-0.1, -0.05) is 28.1 Å². The van der Waals surface area contributed by atoms with E-state index in [1.165, 1.54) is 37.1 Å². The Labute approximate surface area is 159 Å². The number of halogens is 1. The van der Waals surface area contributed by atoms with Gasteiger partial charge in [0.1, 0.15) is 0 Å². The van der Waals surface area contributed by atoms with Gasteiger partial charge in [0, 0.05) is 30.4 Å². The highest BCUT2D eigenvalue weighted by Crippen LogP contribution is 2.18. The van der Waals surface area contributed by atoms with Crippen molar-refractivity contribution in [1.82, 2.24) is 9.88 Å². The molecule has 1 heterocycles. The standard InChI is InChI=1S/C18H19BrN2O5/c1-25-10-9-21-11-13(5-8-15(21)22)17(23)20-16(18(24)26-2)12-3-6-14(19)7-4-12/h3-8,11,16H,9-10H2,1-2H3,(H,20,23). The number of hydrogen-bond donors (Lipinski definition) is 1. The molecule has 1 unspecified atom stereocenters. The summed E-state index contributed by atoms with van der Waals surface area (Å²) in [5, 5.41) is 2.65. The lowest BCUT2D eigenvalue weighted by Crippen LogP contribution is -2.35. The number of nitrogens with zero attached hydrogens (tertiary/aromatic N) is 1. The second kappa shape index (κ2) is 9.30. The molecule has 138 valence electrons. The third-order valence-corrected chi connectivity index (χ3v) is 4.23. The Bertz CT molecular complexity index is 832. The summed E-state index contributed by atoms with van der Waals surface area (Å²) in [5.41, 5.74) is 0.601. The highest BCUT2D eigenvalue weighted by Gasteiger charge is 2.24. The summed E-state index contributed by atoms with van der Waals surface area (Å²) in [6, 6.07) is 8.72. The van der Waals surface area contributed by atoms with E-state index >= 15 is 0 Å². The summed E-state index contributed by atoms with van der Waals surface area (Å²) < 4.78 is 12.0. The molecule has 1 aromatic carbocycles. The molecular formula is C18H19BrN2O5. The molecule has 0 aliphatic carbocycles. The Kier molecular flexibility index (Phi) is 7.11. The van der Waals surface area contributed by atoms with Crippen LogP contribution in [0, 0.1) is 0 Å². The monoisotopic (exact) mass is 422 g/mol. The summed E-state index contributed by atoms with van der Waals surface area (Å²) in [7, 11) is 2.78. The van der Waals surface area contributed by atoms with E-state index in [1.54, 1.807) is 24.3 Å². The van der Waals surface area contributed by atoms with Gasteiger partial charge in [-0.15, -0.1) is 0 Å². The van der Waals surface area contributed by atoms with Crippen molar-refractivity contribution in [1.29, 1.82) is 0 Å². The van der Waals surface area contributed by atoms with E-state index < -0.39 is 17.9 Å². The number of aromatic nitrogens is 1. The van der Waals surface area contributed by atoms with E-state index in [0.717, 1.165) is 4.47 Å². The van der Waals surface area contributed by atoms with Crippen LogP contribution in [0.3, 0.4) is 0 Å². The first-order chi connectivity index (χ1) is 12.5. The average molecular weight is 423 g/mol. The Hall–Kier alpha value is -2.45. The molecule has 8 heteroatoms. The largest absolute Gasteiger partial charge is 0.467 e. The molecule has 2 rings (SSSR count). The SMILES string of the molecule is COCCn1cc(C(=O)NC(C(=O)OC)c2ccc(Br)cc2)ccc1=O. The van der Waals surface area contributed by atoms with Crippen molar-refractivity contribution in [3.05, 3.63) is 68.5 Å². The van der Waals surface area contributed by atoms with E-state index in [2.05, 4.69) is 21.2 Å². The van der Waals surface area contributed by atoms with Crippen molar-refractivity contribution in [3.63, 3.8) is 0 Å². The maximum atomic E-state index is 12.6. The lowest BCUT2D eigenvalue weighted by Gasteiger charge is -2.17. The molecule has 0 radical (unpaired) electrons. The smallest absolute Gasteiger partial charge is 0.333 e. The third kappa shape index (κ3) is 5.03. The van der Waals surface area contributed by atoms with Crippen molar-refractivity contribution < 1.29 is 19.1 Å². The van der Waals surface area contributed by atoms with Crippen LogP contribution in [-0.2, 0) is 20.8 Å². The van der Waals surface area contributed by atoms with Crippen LogP contribution in [0.5, 0.6) is 0 Å². The zero-order valence-electron chi connectivity index (χ0n) is 14.4. The van der Waals surface area contributed by atoms with Crippen LogP contribution in [0.1, 0.15) is 22.0 Å². The van der Waals surface area contributed by atoms with Crippen LogP contribution in [0.15, 0.2) is 51.9 Å². The van der Waals surface area contributed by atoms with Crippen molar-refractivity contribution in [2.45, 2.75) is 12.6 Å². The molecular weight excluding hydrogens is 404 g/mol. The molecule has 0 aliphatic rings. The highest BCUT2D eigenvalue weighted by molar-refractivity contribution is 9.10. The number of benzene rings is 1. The van der Waals surface area contributed by atoms with Gasteiger partial charge in [-0.25, -0.2) is 4.79 Å². The number of methoxy groups -OCH3 is 2. The maximum Gasteiger partial charge on any atom is 0.333 e. The Morgan fingerprint density at radius 2 is 1.85 bits per heavy atom. The Balaban J connectivity index is 2.25. The van der Waals surface area contributed by atoms with E-state index in [0.29, 0.717) is 18.7 Å². The zero-order valence-corrected chi connectivity index (χ0v) is 16.0. The maximum absolute atomic E-state index is 12.6. The van der Waals surface area contributed by atoms with E-state index in [4.69, 9.17) is 9.47 Å². The number of nitrogens with one attached hydrogen (secondary N) is 1. The number of esters is 1. The number of ether oxygens (including phenoxy) is 2. The van der Waals surface area contributed by atoms with Gasteiger partial charge in [0.25, 0.3) is 11.5 Å². The Morgan fingerprint density at radius 3 is 2.46 bits per heavy atom. The molecule has 0 saturated carbocycles. The fraction of sp³-hybridized carbons (Fsp3) is 0.278. The predicted octanol–water partition coefficient (Wildman–Crippen LogP) is 1.90. The molecule has 1 aromatic heterocycles. The van der Waals surface area contributed by atoms with Crippen LogP contribution in [0.2, 0.25) is 0 Å². The lowest BCUT2D eigenvalue weighted by molar-refractivity contribution is -0.143. The first-order valence-electron chi connectivity index (χ1n) is 7.80. The van der Waals surface area contributed by atoms with Crippen LogP contribution < -0.4 is 10.9 Å². The molecule has 1 atom stereocenters. The summed E-state index contributed by atoms with van der Waals surface area (Å²) in [6.45, 7) is 0.665. The quantitative estimate of drug-likeness (QED) is 0.688. The number of carbonyl (C=O) groups is 2. The van der Waals surface area contributed by atoms with E-state index in [1.807, 2.05) is 0 Å². The van der Waals surface area contributed by atoms with Gasteiger partial charge in [0.2, 0.25) is 0 Å². The first-order valence-corrected chi connectivity index (χ1v) is 8.59. The van der Waals surface area contributed by atoms with Crippen molar-refractivity contribution in [2.24, 2.45) is 0 Å². The minimum absolute atomic E-state index is 0.240. The molecule has 0 bridgehead atoms. The topological polar surface area (TPSA) is 86.6 Å². The van der Waals surface area contributed by atoms with Gasteiger partial charge >= 0.3 is 5.97 Å². The average Bonchev–Trinajstić information content (AvgIpc) is 2.65. The summed E-state index contributed by atoms with van der Waals surface area (Å²) in [5.74, 6) is -1.08. The molecule has 1 N–H and O–H groups in total. The van der Waals surface area contributed by atoms with Gasteiger partial charge in [0.15, 0.2) is 6.04 Å². The fourth-order valence-corrected chi connectivity index (χ4v) is 2.56. The number of rotatable bonds is 7.